The minimum atomic E-state index is 0.215. The normalized spacial score (nSPS) is 14.5. The van der Waals surface area contributed by atoms with E-state index in [2.05, 4.69) is 5.32 Å². The van der Waals surface area contributed by atoms with E-state index in [1.54, 1.807) is 0 Å². The Bertz CT molecular complexity index is 639. The van der Waals surface area contributed by atoms with E-state index >= 15 is 0 Å². The Hall–Kier alpha value is -2.00. The van der Waals surface area contributed by atoms with E-state index in [0.717, 1.165) is 34.9 Å². The molecule has 1 saturated heterocycles. The van der Waals surface area contributed by atoms with Gasteiger partial charge in [0.1, 0.15) is 0 Å². The molecule has 0 aromatic heterocycles. The van der Waals surface area contributed by atoms with Crippen molar-refractivity contribution in [3.05, 3.63) is 59.1 Å². The van der Waals surface area contributed by atoms with E-state index in [4.69, 9.17) is 11.6 Å². The molecule has 108 valence electrons. The Morgan fingerprint density at radius 3 is 2.52 bits per heavy atom. The van der Waals surface area contributed by atoms with Crippen LogP contribution < -0.4 is 10.2 Å². The smallest absolute Gasteiger partial charge is 0.227 e. The molecule has 1 aliphatic heterocycles. The summed E-state index contributed by atoms with van der Waals surface area (Å²) in [6.45, 7) is 1.51. The van der Waals surface area contributed by atoms with Crippen molar-refractivity contribution in [2.24, 2.45) is 0 Å². The molecule has 0 bridgehead atoms. The largest absolute Gasteiger partial charge is 0.381 e. The molecule has 1 N–H and O–H groups in total. The highest BCUT2D eigenvalue weighted by Crippen LogP contribution is 2.23. The van der Waals surface area contributed by atoms with Gasteiger partial charge in [-0.1, -0.05) is 29.8 Å². The number of benzene rings is 2. The van der Waals surface area contributed by atoms with Crippen LogP contribution in [0.3, 0.4) is 0 Å². The zero-order valence-electron chi connectivity index (χ0n) is 11.7. The van der Waals surface area contributed by atoms with E-state index in [9.17, 15) is 4.79 Å². The fourth-order valence-electron chi connectivity index (χ4n) is 2.52. The highest BCUT2D eigenvalue weighted by molar-refractivity contribution is 6.31. The summed E-state index contributed by atoms with van der Waals surface area (Å²) < 4.78 is 0. The summed E-state index contributed by atoms with van der Waals surface area (Å²) in [6, 6.07) is 15.8. The summed E-state index contributed by atoms with van der Waals surface area (Å²) in [4.78, 5) is 13.5. The quantitative estimate of drug-likeness (QED) is 0.923. The van der Waals surface area contributed by atoms with Crippen molar-refractivity contribution in [1.29, 1.82) is 0 Å². The number of anilines is 2. The van der Waals surface area contributed by atoms with Crippen LogP contribution in [0.1, 0.15) is 18.4 Å². The van der Waals surface area contributed by atoms with Gasteiger partial charge in [0.15, 0.2) is 0 Å². The maximum absolute atomic E-state index is 11.7. The summed E-state index contributed by atoms with van der Waals surface area (Å²) in [6.07, 6.45) is 1.61. The molecule has 0 aliphatic carbocycles. The van der Waals surface area contributed by atoms with Gasteiger partial charge in [-0.3, -0.25) is 4.79 Å². The monoisotopic (exact) mass is 300 g/mol. The maximum Gasteiger partial charge on any atom is 0.227 e. The molecule has 1 fully saturated rings. The van der Waals surface area contributed by atoms with E-state index in [0.29, 0.717) is 13.0 Å². The van der Waals surface area contributed by atoms with E-state index in [1.807, 2.05) is 53.4 Å². The van der Waals surface area contributed by atoms with Crippen LogP contribution in [-0.2, 0) is 11.3 Å². The molecule has 1 heterocycles. The molecule has 4 heteroatoms. The number of nitrogens with one attached hydrogen (secondary N) is 1. The molecule has 0 saturated carbocycles. The molecule has 1 aliphatic rings. The van der Waals surface area contributed by atoms with E-state index < -0.39 is 0 Å². The number of rotatable bonds is 4. The summed E-state index contributed by atoms with van der Waals surface area (Å²) in [7, 11) is 0. The first-order valence-electron chi connectivity index (χ1n) is 7.12. The maximum atomic E-state index is 11.7. The molecule has 21 heavy (non-hydrogen) atoms. The van der Waals surface area contributed by atoms with Crippen molar-refractivity contribution in [1.82, 2.24) is 0 Å². The lowest BCUT2D eigenvalue weighted by atomic mass is 10.2. The predicted octanol–water partition coefficient (Wildman–Crippen LogP) is 4.08. The minimum absolute atomic E-state index is 0.215. The molecular formula is C17H17ClN2O. The molecule has 3 nitrogen and oxygen atoms in total. The van der Waals surface area contributed by atoms with Crippen LogP contribution in [-0.4, -0.2) is 12.5 Å². The third-order valence-corrected chi connectivity index (χ3v) is 4.06. The molecular weight excluding hydrogens is 284 g/mol. The number of hydrogen-bond donors (Lipinski definition) is 1. The van der Waals surface area contributed by atoms with Crippen LogP contribution >= 0.6 is 11.6 Å². The Morgan fingerprint density at radius 2 is 1.86 bits per heavy atom. The van der Waals surface area contributed by atoms with Gasteiger partial charge in [-0.05, 0) is 42.3 Å². The number of carbonyl (C=O) groups excluding carboxylic acids is 1. The van der Waals surface area contributed by atoms with Gasteiger partial charge in [0.25, 0.3) is 0 Å². The third kappa shape index (κ3) is 3.19. The Kier molecular flexibility index (Phi) is 4.11. The van der Waals surface area contributed by atoms with Gasteiger partial charge < -0.3 is 10.2 Å². The van der Waals surface area contributed by atoms with Crippen LogP contribution in [0.4, 0.5) is 11.4 Å². The highest BCUT2D eigenvalue weighted by atomic mass is 35.5. The Balaban J connectivity index is 1.65. The molecule has 1 amide bonds. The average molecular weight is 301 g/mol. The average Bonchev–Trinajstić information content (AvgIpc) is 2.93. The molecule has 0 spiro atoms. The van der Waals surface area contributed by atoms with Crippen molar-refractivity contribution < 1.29 is 4.79 Å². The summed E-state index contributed by atoms with van der Waals surface area (Å²) in [5.41, 5.74) is 3.06. The fraction of sp³-hybridized carbons (Fsp3) is 0.235. The topological polar surface area (TPSA) is 32.3 Å². The summed E-state index contributed by atoms with van der Waals surface area (Å²) in [5, 5.41) is 4.11. The second-order valence-electron chi connectivity index (χ2n) is 5.14. The van der Waals surface area contributed by atoms with Crippen molar-refractivity contribution in [2.45, 2.75) is 19.4 Å². The zero-order valence-corrected chi connectivity index (χ0v) is 12.4. The summed E-state index contributed by atoms with van der Waals surface area (Å²) in [5.74, 6) is 0.215. The fourth-order valence-corrected chi connectivity index (χ4v) is 2.72. The van der Waals surface area contributed by atoms with Crippen molar-refractivity contribution in [3.8, 4) is 0 Å². The van der Waals surface area contributed by atoms with Crippen molar-refractivity contribution in [3.63, 3.8) is 0 Å². The second-order valence-corrected chi connectivity index (χ2v) is 5.55. The number of halogens is 1. The van der Waals surface area contributed by atoms with Crippen LogP contribution in [0.5, 0.6) is 0 Å². The summed E-state index contributed by atoms with van der Waals surface area (Å²) >= 11 is 6.13. The molecule has 2 aromatic carbocycles. The SMILES string of the molecule is O=C1CCCN1c1ccc(NCc2ccccc2Cl)cc1. The first-order chi connectivity index (χ1) is 10.2. The molecule has 0 radical (unpaired) electrons. The Labute approximate surface area is 129 Å². The lowest BCUT2D eigenvalue weighted by molar-refractivity contribution is -0.117. The van der Waals surface area contributed by atoms with Crippen LogP contribution in [0.25, 0.3) is 0 Å². The van der Waals surface area contributed by atoms with Crippen molar-refractivity contribution in [2.75, 3.05) is 16.8 Å². The first-order valence-corrected chi connectivity index (χ1v) is 7.49. The van der Waals surface area contributed by atoms with Crippen molar-refractivity contribution >= 4 is 28.9 Å². The highest BCUT2D eigenvalue weighted by Gasteiger charge is 2.21. The number of nitrogens with zero attached hydrogens (tertiary/aromatic N) is 1. The number of hydrogen-bond acceptors (Lipinski definition) is 2. The van der Waals surface area contributed by atoms with Gasteiger partial charge in [-0.2, -0.15) is 0 Å². The number of carbonyl (C=O) groups is 1. The van der Waals surface area contributed by atoms with Gasteiger partial charge >= 0.3 is 0 Å². The van der Waals surface area contributed by atoms with Gasteiger partial charge in [0.2, 0.25) is 5.91 Å². The van der Waals surface area contributed by atoms with Gasteiger partial charge in [-0.15, -0.1) is 0 Å². The number of amides is 1. The van der Waals surface area contributed by atoms with E-state index in [1.165, 1.54) is 0 Å². The van der Waals surface area contributed by atoms with Gasteiger partial charge in [0.05, 0.1) is 0 Å². The molecule has 3 rings (SSSR count). The van der Waals surface area contributed by atoms with E-state index in [-0.39, 0.29) is 5.91 Å². The minimum Gasteiger partial charge on any atom is -0.381 e. The standard InChI is InChI=1S/C17H17ClN2O/c18-16-5-2-1-4-13(16)12-19-14-7-9-15(10-8-14)20-11-3-6-17(20)21/h1-2,4-5,7-10,19H,3,6,11-12H2. The molecule has 0 atom stereocenters. The second kappa shape index (κ2) is 6.19. The lowest BCUT2D eigenvalue weighted by Crippen LogP contribution is -2.23. The third-order valence-electron chi connectivity index (χ3n) is 3.69. The Morgan fingerprint density at radius 1 is 1.10 bits per heavy atom. The van der Waals surface area contributed by atoms with Crippen LogP contribution in [0.2, 0.25) is 5.02 Å². The van der Waals surface area contributed by atoms with Crippen LogP contribution in [0, 0.1) is 0 Å². The van der Waals surface area contributed by atoms with Gasteiger partial charge in [0, 0.05) is 35.9 Å². The lowest BCUT2D eigenvalue weighted by Gasteiger charge is -2.16. The predicted molar refractivity (Wildman–Crippen MR) is 86.8 cm³/mol. The van der Waals surface area contributed by atoms with Gasteiger partial charge in [-0.25, -0.2) is 0 Å². The van der Waals surface area contributed by atoms with Crippen LogP contribution in [0.15, 0.2) is 48.5 Å². The zero-order chi connectivity index (χ0) is 14.7. The molecule has 0 unspecified atom stereocenters. The first kappa shape index (κ1) is 14.0. The molecule has 2 aromatic rings.